The number of hydrogen-bond acceptors (Lipinski definition) is 8. The predicted octanol–water partition coefficient (Wildman–Crippen LogP) is 4.49. The average Bonchev–Trinajstić information content (AvgIpc) is 3.29. The van der Waals surface area contributed by atoms with Crippen molar-refractivity contribution in [2.75, 3.05) is 12.4 Å². The fourth-order valence-corrected chi connectivity index (χ4v) is 4.64. The second-order valence-electron chi connectivity index (χ2n) is 8.88. The van der Waals surface area contributed by atoms with Crippen LogP contribution in [0.5, 0.6) is 17.4 Å². The topological polar surface area (TPSA) is 107 Å². The Labute approximate surface area is 200 Å². The molecule has 2 aliphatic heterocycles. The van der Waals surface area contributed by atoms with Gasteiger partial charge in [-0.2, -0.15) is 9.97 Å². The van der Waals surface area contributed by atoms with Crippen LogP contribution in [-0.4, -0.2) is 44.2 Å². The lowest BCUT2D eigenvalue weighted by Gasteiger charge is -2.35. The van der Waals surface area contributed by atoms with E-state index >= 15 is 0 Å². The Balaban J connectivity index is 1.39. The lowest BCUT2D eigenvalue weighted by molar-refractivity contribution is 0.00421. The largest absolute Gasteiger partial charge is 0.489 e. The number of anilines is 1. The van der Waals surface area contributed by atoms with Crippen molar-refractivity contribution < 1.29 is 14.2 Å². The molecule has 5 aromatic rings. The first kappa shape index (κ1) is 20.0. The Hall–Kier alpha value is -4.40. The van der Waals surface area contributed by atoms with Gasteiger partial charge in [-0.1, -0.05) is 6.07 Å². The average molecular weight is 467 g/mol. The molecule has 0 amide bonds. The number of benzene rings is 1. The van der Waals surface area contributed by atoms with Gasteiger partial charge >= 0.3 is 0 Å². The predicted molar refractivity (Wildman–Crippen MR) is 131 cm³/mol. The lowest BCUT2D eigenvalue weighted by Crippen LogP contribution is -2.41. The van der Waals surface area contributed by atoms with Crippen LogP contribution in [-0.2, 0) is 6.61 Å². The quantitative estimate of drug-likeness (QED) is 0.372. The van der Waals surface area contributed by atoms with Crippen molar-refractivity contribution in [1.29, 1.82) is 0 Å². The van der Waals surface area contributed by atoms with Gasteiger partial charge in [0.05, 0.1) is 23.3 Å². The maximum Gasteiger partial charge on any atom is 0.228 e. The first-order valence-corrected chi connectivity index (χ1v) is 11.6. The van der Waals surface area contributed by atoms with Crippen LogP contribution in [0.15, 0.2) is 55.1 Å². The van der Waals surface area contributed by atoms with E-state index in [1.165, 1.54) is 0 Å². The number of aromatic nitrogens is 5. The van der Waals surface area contributed by atoms with E-state index in [0.29, 0.717) is 24.1 Å². The molecule has 2 N–H and O–H groups in total. The number of fused-ring (bicyclic) bond motifs is 1. The van der Waals surface area contributed by atoms with Crippen molar-refractivity contribution >= 4 is 27.9 Å². The van der Waals surface area contributed by atoms with Gasteiger partial charge in [0.1, 0.15) is 36.0 Å². The molecule has 0 saturated heterocycles. The summed E-state index contributed by atoms with van der Waals surface area (Å²) in [6.07, 6.45) is 9.06. The summed E-state index contributed by atoms with van der Waals surface area (Å²) in [6.45, 7) is 0.297. The molecule has 174 valence electrons. The minimum Gasteiger partial charge on any atom is -0.489 e. The van der Waals surface area contributed by atoms with Crippen LogP contribution in [0, 0.1) is 0 Å². The molecular weight excluding hydrogens is 444 g/mol. The molecule has 1 aliphatic carbocycles. The van der Waals surface area contributed by atoms with Crippen molar-refractivity contribution in [3.63, 3.8) is 0 Å². The highest BCUT2D eigenvalue weighted by Crippen LogP contribution is 2.37. The summed E-state index contributed by atoms with van der Waals surface area (Å²) in [4.78, 5) is 21.4. The molecule has 0 atom stereocenters. The van der Waals surface area contributed by atoms with E-state index in [-0.39, 0.29) is 12.2 Å². The number of nitrogens with one attached hydrogen (secondary N) is 2. The normalized spacial score (nSPS) is 18.8. The third kappa shape index (κ3) is 3.56. The van der Waals surface area contributed by atoms with Gasteiger partial charge in [0, 0.05) is 48.8 Å². The highest BCUT2D eigenvalue weighted by Gasteiger charge is 2.33. The number of aromatic amines is 1. The van der Waals surface area contributed by atoms with Crippen LogP contribution < -0.4 is 19.5 Å². The van der Waals surface area contributed by atoms with Gasteiger partial charge in [0.25, 0.3) is 0 Å². The smallest absolute Gasteiger partial charge is 0.228 e. The zero-order valence-corrected chi connectivity index (χ0v) is 19.0. The highest BCUT2D eigenvalue weighted by molar-refractivity contribution is 5.99. The molecule has 6 heterocycles. The van der Waals surface area contributed by atoms with Crippen LogP contribution in [0.2, 0.25) is 0 Å². The van der Waals surface area contributed by atoms with Crippen LogP contribution in [0.1, 0.15) is 18.4 Å². The van der Waals surface area contributed by atoms with Crippen LogP contribution >= 0.6 is 0 Å². The van der Waals surface area contributed by atoms with Crippen molar-refractivity contribution in [3.05, 3.63) is 60.7 Å². The first-order chi connectivity index (χ1) is 17.2. The molecule has 1 saturated carbocycles. The number of pyridine rings is 2. The van der Waals surface area contributed by atoms with E-state index in [4.69, 9.17) is 14.2 Å². The van der Waals surface area contributed by atoms with Crippen LogP contribution in [0.25, 0.3) is 33.1 Å². The fraction of sp³-hybridized carbons (Fsp3) is 0.231. The van der Waals surface area contributed by atoms with Gasteiger partial charge in [0.2, 0.25) is 11.8 Å². The minimum absolute atomic E-state index is 0.0963. The molecular formula is C26H22N6O3. The zero-order valence-electron chi connectivity index (χ0n) is 19.0. The molecule has 4 aromatic heterocycles. The van der Waals surface area contributed by atoms with Crippen LogP contribution in [0.3, 0.4) is 0 Å². The molecule has 9 heteroatoms. The standard InChI is InChI=1S/C26H22N6O3/c1-27-26-31-24-23-21(12-30-24)15-2-3-22-16(5-15)6-20(11-29-22)35-18-7-17(8-18)34-19-4-14(9-28-10-19)13-33-25(23)32-26/h2-6,9-12,17-18H,7-8,13H2,1H3,(H2,27,30,31,32). The van der Waals surface area contributed by atoms with E-state index in [1.54, 1.807) is 25.6 Å². The number of rotatable bonds is 1. The van der Waals surface area contributed by atoms with Crippen molar-refractivity contribution in [2.45, 2.75) is 31.7 Å². The molecule has 1 fully saturated rings. The Kier molecular flexibility index (Phi) is 4.48. The third-order valence-corrected chi connectivity index (χ3v) is 6.49. The van der Waals surface area contributed by atoms with Gasteiger partial charge in [-0.15, -0.1) is 0 Å². The zero-order chi connectivity index (χ0) is 23.4. The first-order valence-electron chi connectivity index (χ1n) is 11.6. The highest BCUT2D eigenvalue weighted by atomic mass is 16.5. The summed E-state index contributed by atoms with van der Waals surface area (Å²) >= 11 is 0. The Bertz CT molecular complexity index is 1580. The van der Waals surface area contributed by atoms with Gasteiger partial charge < -0.3 is 24.5 Å². The number of hydrogen-bond donors (Lipinski definition) is 2. The second kappa shape index (κ2) is 7.83. The van der Waals surface area contributed by atoms with Gasteiger partial charge in [-0.25, -0.2) is 0 Å². The third-order valence-electron chi connectivity index (χ3n) is 6.49. The minimum atomic E-state index is 0.0963. The van der Waals surface area contributed by atoms with E-state index < -0.39 is 0 Å². The number of ether oxygens (including phenoxy) is 3. The molecule has 1 aromatic carbocycles. The maximum absolute atomic E-state index is 6.24. The summed E-state index contributed by atoms with van der Waals surface area (Å²) in [6, 6.07) is 10.2. The molecule has 0 spiro atoms. The number of H-pyrrole nitrogens is 1. The molecule has 7 bridgehead atoms. The summed E-state index contributed by atoms with van der Waals surface area (Å²) < 4.78 is 18.6. The molecule has 0 radical (unpaired) electrons. The van der Waals surface area contributed by atoms with Gasteiger partial charge in [-0.05, 0) is 29.8 Å². The molecule has 3 aliphatic rings. The Morgan fingerprint density at radius 3 is 2.69 bits per heavy atom. The Morgan fingerprint density at radius 2 is 1.83 bits per heavy atom. The molecule has 0 unspecified atom stereocenters. The second-order valence-corrected chi connectivity index (χ2v) is 8.88. The summed E-state index contributed by atoms with van der Waals surface area (Å²) in [7, 11) is 1.78. The van der Waals surface area contributed by atoms with Crippen molar-refractivity contribution in [1.82, 2.24) is 24.9 Å². The molecule has 35 heavy (non-hydrogen) atoms. The lowest BCUT2D eigenvalue weighted by atomic mass is 9.92. The summed E-state index contributed by atoms with van der Waals surface area (Å²) in [5.74, 6) is 2.44. The number of nitrogens with zero attached hydrogens (tertiary/aromatic N) is 4. The van der Waals surface area contributed by atoms with Crippen LogP contribution in [0.4, 0.5) is 5.95 Å². The van der Waals surface area contributed by atoms with E-state index in [2.05, 4.69) is 36.3 Å². The summed E-state index contributed by atoms with van der Waals surface area (Å²) in [5, 5.41) is 4.82. The molecule has 9 nitrogen and oxygen atoms in total. The van der Waals surface area contributed by atoms with E-state index in [9.17, 15) is 0 Å². The van der Waals surface area contributed by atoms with Crippen molar-refractivity contribution in [2.24, 2.45) is 0 Å². The Morgan fingerprint density at radius 1 is 0.971 bits per heavy atom. The summed E-state index contributed by atoms with van der Waals surface area (Å²) in [5.41, 5.74) is 4.45. The van der Waals surface area contributed by atoms with Gasteiger partial charge in [0.15, 0.2) is 0 Å². The maximum atomic E-state index is 6.24. The fourth-order valence-electron chi connectivity index (χ4n) is 4.64. The SMILES string of the molecule is CNc1nc2c3c(c[nH]c3n1)-c1ccc3ncc(cc3c1)OC1CC(C1)Oc1cncc(c1)CO2. The van der Waals surface area contributed by atoms with Crippen molar-refractivity contribution in [3.8, 4) is 28.5 Å². The van der Waals surface area contributed by atoms with Gasteiger partial charge in [-0.3, -0.25) is 9.97 Å². The monoisotopic (exact) mass is 466 g/mol. The van der Waals surface area contributed by atoms with E-state index in [0.717, 1.165) is 57.3 Å². The van der Waals surface area contributed by atoms with E-state index in [1.807, 2.05) is 30.5 Å². The molecule has 8 rings (SSSR count).